The van der Waals surface area contributed by atoms with Crippen molar-refractivity contribution in [3.8, 4) is 0 Å². The Balaban J connectivity index is -0.0000000352. The second-order valence-electron chi connectivity index (χ2n) is 5.33. The van der Waals surface area contributed by atoms with Gasteiger partial charge in [0.25, 0.3) is 0 Å². The van der Waals surface area contributed by atoms with Crippen LogP contribution >= 0.6 is 0 Å². The van der Waals surface area contributed by atoms with Crippen molar-refractivity contribution in [3.05, 3.63) is 50.6 Å². The molecule has 8 nitrogen and oxygen atoms in total. The first-order chi connectivity index (χ1) is 14.2. The molecule has 35 heavy (non-hydrogen) atoms. The third-order valence-corrected chi connectivity index (χ3v) is 2.93. The monoisotopic (exact) mass is 504 g/mol. The molecule has 4 amide bonds. The Hall–Kier alpha value is -3.16. The molecule has 212 valence electrons. The van der Waals surface area contributed by atoms with E-state index in [0.29, 0.717) is 25.7 Å². The predicted octanol–water partition coefficient (Wildman–Crippen LogP) is 5.19. The molecule has 0 bridgehead atoms. The summed E-state index contributed by atoms with van der Waals surface area (Å²) in [4.78, 5) is 41.3. The number of allylic oxidation sites excluding steroid dienone is 2. The zero-order valence-corrected chi connectivity index (χ0v) is 19.0. The lowest BCUT2D eigenvalue weighted by atomic mass is 10.3. The molecule has 0 atom stereocenters. The molecule has 0 unspecified atom stereocenters. The molecule has 0 saturated carbocycles. The van der Waals surface area contributed by atoms with Gasteiger partial charge in [-0.3, -0.25) is 19.2 Å². The fourth-order valence-electron chi connectivity index (χ4n) is 1.18. The molecule has 0 aliphatic carbocycles. The van der Waals surface area contributed by atoms with Crippen LogP contribution in [0.1, 0.15) is 75.7 Å². The number of carbonyl (C=O) groups excluding carboxylic acids is 4. The summed E-state index contributed by atoms with van der Waals surface area (Å²) in [6.07, 6.45) is 10.1. The molecule has 0 rings (SSSR count). The quantitative estimate of drug-likeness (QED) is 0.306. The summed E-state index contributed by atoms with van der Waals surface area (Å²) in [5.74, 6) is 0.166. The molecule has 4 N–H and O–H groups in total. The van der Waals surface area contributed by atoms with Crippen molar-refractivity contribution >= 4 is 23.6 Å². The number of nitrogens with one attached hydrogen (secondary N) is 4. The number of amides is 4. The van der Waals surface area contributed by atoms with Gasteiger partial charge in [-0.15, -0.1) is 26.3 Å². The Morgan fingerprint density at radius 2 is 0.714 bits per heavy atom. The molecular weight excluding hydrogens is 444 g/mol. The zero-order chi connectivity index (χ0) is 24.2. The minimum absolute atomic E-state index is 0. The molecule has 0 saturated heterocycles. The Kier molecular flexibility index (Phi) is 87.3. The second-order valence-corrected chi connectivity index (χ2v) is 5.33. The first-order valence-electron chi connectivity index (χ1n) is 9.50. The average molecular weight is 505 g/mol. The van der Waals surface area contributed by atoms with E-state index in [-0.39, 0.29) is 60.8 Å². The molecule has 0 aliphatic rings. The Morgan fingerprint density at radius 3 is 0.829 bits per heavy atom. The van der Waals surface area contributed by atoms with Crippen LogP contribution in [-0.2, 0) is 19.2 Å². The lowest BCUT2D eigenvalue weighted by Gasteiger charge is -1.92. The SMILES string of the molecule is C.C.C.C.C.C=CCC(=O)NC.C=CCC(=O)NC.C=CCCC(=O)NC.C=CCCC(=O)NC. The highest BCUT2D eigenvalue weighted by atomic mass is 16.2. The number of hydrogen-bond acceptors (Lipinski definition) is 4. The van der Waals surface area contributed by atoms with Crippen molar-refractivity contribution in [1.82, 2.24) is 21.3 Å². The van der Waals surface area contributed by atoms with Crippen LogP contribution in [0.15, 0.2) is 50.6 Å². The molecule has 0 aromatic rings. The van der Waals surface area contributed by atoms with Crippen molar-refractivity contribution < 1.29 is 19.2 Å². The molecule has 0 radical (unpaired) electrons. The Morgan fingerprint density at radius 1 is 0.486 bits per heavy atom. The van der Waals surface area contributed by atoms with Crippen molar-refractivity contribution in [3.63, 3.8) is 0 Å². The standard InChI is InChI=1S/2C6H11NO.2C5H9NO.5CH4/c2*1-3-4-5-6(8)7-2;2*1-3-4-5(7)6-2;;;;;/h2*3H,1,4-5H2,2H3,(H,7,8);2*3H,1,4H2,2H3,(H,6,7);5*1H4. The van der Waals surface area contributed by atoms with Gasteiger partial charge in [-0.1, -0.05) is 61.4 Å². The average Bonchev–Trinajstić information content (AvgIpc) is 2.77. The van der Waals surface area contributed by atoms with Gasteiger partial charge >= 0.3 is 0 Å². The maximum absolute atomic E-state index is 10.4. The van der Waals surface area contributed by atoms with Gasteiger partial charge in [0.1, 0.15) is 0 Å². The maximum Gasteiger partial charge on any atom is 0.223 e. The van der Waals surface area contributed by atoms with Crippen LogP contribution in [0.2, 0.25) is 0 Å². The highest BCUT2D eigenvalue weighted by molar-refractivity contribution is 5.77. The summed E-state index contributed by atoms with van der Waals surface area (Å²) < 4.78 is 0. The van der Waals surface area contributed by atoms with Crippen LogP contribution in [0.4, 0.5) is 0 Å². The van der Waals surface area contributed by atoms with E-state index >= 15 is 0 Å². The van der Waals surface area contributed by atoms with Crippen molar-refractivity contribution in [2.75, 3.05) is 28.2 Å². The fraction of sp³-hybridized carbons (Fsp3) is 0.556. The smallest absolute Gasteiger partial charge is 0.223 e. The summed E-state index contributed by atoms with van der Waals surface area (Å²) in [6, 6.07) is 0. The summed E-state index contributed by atoms with van der Waals surface area (Å²) in [5.41, 5.74) is 0. The van der Waals surface area contributed by atoms with E-state index in [4.69, 9.17) is 0 Å². The minimum atomic E-state index is 0. The van der Waals surface area contributed by atoms with Crippen LogP contribution in [-0.4, -0.2) is 51.8 Å². The van der Waals surface area contributed by atoms with E-state index < -0.39 is 0 Å². The van der Waals surface area contributed by atoms with Crippen LogP contribution in [0, 0.1) is 0 Å². The van der Waals surface area contributed by atoms with Crippen LogP contribution < -0.4 is 21.3 Å². The highest BCUT2D eigenvalue weighted by Gasteiger charge is 1.92. The van der Waals surface area contributed by atoms with Gasteiger partial charge in [-0.25, -0.2) is 0 Å². The lowest BCUT2D eigenvalue weighted by molar-refractivity contribution is -0.121. The normalized spacial score (nSPS) is 6.74. The van der Waals surface area contributed by atoms with Gasteiger partial charge in [0.2, 0.25) is 23.6 Å². The highest BCUT2D eigenvalue weighted by Crippen LogP contribution is 1.87. The Labute approximate surface area is 218 Å². The summed E-state index contributed by atoms with van der Waals surface area (Å²) in [5, 5.41) is 9.94. The number of rotatable bonds is 10. The topological polar surface area (TPSA) is 116 Å². The minimum Gasteiger partial charge on any atom is -0.359 e. The molecule has 0 spiro atoms. The van der Waals surface area contributed by atoms with Gasteiger partial charge in [0.15, 0.2) is 0 Å². The molecular formula is C27H60N4O4. The number of hydrogen-bond donors (Lipinski definition) is 4. The van der Waals surface area contributed by atoms with Crippen LogP contribution in [0.3, 0.4) is 0 Å². The molecule has 0 aromatic heterocycles. The van der Waals surface area contributed by atoms with E-state index in [9.17, 15) is 19.2 Å². The van der Waals surface area contributed by atoms with Gasteiger partial charge in [0.05, 0.1) is 0 Å². The Bertz CT molecular complexity index is 473. The number of carbonyl (C=O) groups is 4. The zero-order valence-electron chi connectivity index (χ0n) is 19.0. The predicted molar refractivity (Wildman–Crippen MR) is 158 cm³/mol. The van der Waals surface area contributed by atoms with Gasteiger partial charge in [0, 0.05) is 53.9 Å². The second kappa shape index (κ2) is 52.6. The molecule has 0 heterocycles. The van der Waals surface area contributed by atoms with Gasteiger partial charge < -0.3 is 21.3 Å². The third-order valence-electron chi connectivity index (χ3n) is 2.93. The van der Waals surface area contributed by atoms with Crippen molar-refractivity contribution in [2.45, 2.75) is 75.7 Å². The third kappa shape index (κ3) is 72.3. The maximum atomic E-state index is 10.4. The summed E-state index contributed by atoms with van der Waals surface area (Å²) in [6.45, 7) is 13.7. The molecule has 0 fully saturated rings. The van der Waals surface area contributed by atoms with Gasteiger partial charge in [-0.2, -0.15) is 0 Å². The summed E-state index contributed by atoms with van der Waals surface area (Å²) >= 11 is 0. The molecule has 0 aliphatic heterocycles. The van der Waals surface area contributed by atoms with Crippen molar-refractivity contribution in [1.29, 1.82) is 0 Å². The van der Waals surface area contributed by atoms with E-state index in [1.165, 1.54) is 0 Å². The van der Waals surface area contributed by atoms with E-state index in [0.717, 1.165) is 12.8 Å². The molecule has 8 heteroatoms. The lowest BCUT2D eigenvalue weighted by Crippen LogP contribution is -2.16. The van der Waals surface area contributed by atoms with Crippen LogP contribution in [0.5, 0.6) is 0 Å². The van der Waals surface area contributed by atoms with Crippen LogP contribution in [0.25, 0.3) is 0 Å². The van der Waals surface area contributed by atoms with E-state index in [2.05, 4.69) is 47.6 Å². The fourth-order valence-corrected chi connectivity index (χ4v) is 1.18. The largest absolute Gasteiger partial charge is 0.359 e. The first-order valence-corrected chi connectivity index (χ1v) is 9.50. The molecule has 0 aromatic carbocycles. The van der Waals surface area contributed by atoms with Gasteiger partial charge in [-0.05, 0) is 12.8 Å². The van der Waals surface area contributed by atoms with Crippen molar-refractivity contribution in [2.24, 2.45) is 0 Å². The summed E-state index contributed by atoms with van der Waals surface area (Å²) in [7, 11) is 6.47. The first kappa shape index (κ1) is 58.1. The van der Waals surface area contributed by atoms with E-state index in [1.54, 1.807) is 52.5 Å². The van der Waals surface area contributed by atoms with E-state index in [1.807, 2.05) is 0 Å².